The number of carbonyl (C=O) groups is 1. The second kappa shape index (κ2) is 9.07. The molecule has 4 heterocycles. The van der Waals surface area contributed by atoms with Crippen molar-refractivity contribution < 1.29 is 22.4 Å². The number of amides is 1. The van der Waals surface area contributed by atoms with Gasteiger partial charge < -0.3 is 19.1 Å². The van der Waals surface area contributed by atoms with Crippen LogP contribution in [0.2, 0.25) is 0 Å². The summed E-state index contributed by atoms with van der Waals surface area (Å²) in [6, 6.07) is 9.00. The van der Waals surface area contributed by atoms with Crippen molar-refractivity contribution in [3.05, 3.63) is 59.3 Å². The molecule has 4 aromatic rings. The lowest BCUT2D eigenvalue weighted by molar-refractivity contribution is -0.120. The standard InChI is InChI=1S/C23H17F2N5O3S/c24-15-4-3-14(10-16(15)25)18-12-34-23(28-18)29-20(31)13-5-7-30(8-6-13)22-17(11-26)27-21(33-22)19-2-1-9-32-19/h1-4,9-10,12-13H,5-8H2,(H,28,29,31). The number of hydrogen-bond donors (Lipinski definition) is 1. The van der Waals surface area contributed by atoms with Crippen LogP contribution in [0, 0.1) is 28.9 Å². The van der Waals surface area contributed by atoms with Gasteiger partial charge in [-0.2, -0.15) is 10.2 Å². The summed E-state index contributed by atoms with van der Waals surface area (Å²) in [7, 11) is 0. The molecule has 1 saturated heterocycles. The summed E-state index contributed by atoms with van der Waals surface area (Å²) in [5, 5.41) is 14.3. The van der Waals surface area contributed by atoms with Crippen LogP contribution in [0.25, 0.3) is 22.9 Å². The minimum Gasteiger partial charge on any atom is -0.459 e. The van der Waals surface area contributed by atoms with Crippen LogP contribution < -0.4 is 10.2 Å². The molecule has 0 bridgehead atoms. The van der Waals surface area contributed by atoms with Crippen LogP contribution in [0.4, 0.5) is 19.8 Å². The number of piperidine rings is 1. The number of hydrogen-bond acceptors (Lipinski definition) is 8. The topological polar surface area (TPSA) is 108 Å². The first-order chi connectivity index (χ1) is 16.5. The predicted molar refractivity (Wildman–Crippen MR) is 120 cm³/mol. The fourth-order valence-electron chi connectivity index (χ4n) is 3.78. The van der Waals surface area contributed by atoms with Crippen molar-refractivity contribution in [3.8, 4) is 29.0 Å². The predicted octanol–water partition coefficient (Wildman–Crippen LogP) is 5.06. The number of carbonyl (C=O) groups excluding carboxylic acids is 1. The van der Waals surface area contributed by atoms with Crippen molar-refractivity contribution in [2.75, 3.05) is 23.3 Å². The van der Waals surface area contributed by atoms with Crippen molar-refractivity contribution in [2.45, 2.75) is 12.8 Å². The third-order valence-electron chi connectivity index (χ3n) is 5.55. The lowest BCUT2D eigenvalue weighted by Crippen LogP contribution is -2.38. The fraction of sp³-hybridized carbons (Fsp3) is 0.217. The Labute approximate surface area is 196 Å². The monoisotopic (exact) mass is 481 g/mol. The van der Waals surface area contributed by atoms with Crippen LogP contribution in [-0.4, -0.2) is 29.0 Å². The number of oxazole rings is 1. The van der Waals surface area contributed by atoms with Gasteiger partial charge in [0, 0.05) is 30.0 Å². The van der Waals surface area contributed by atoms with Gasteiger partial charge in [-0.05, 0) is 43.2 Å². The number of benzene rings is 1. The van der Waals surface area contributed by atoms with Crippen molar-refractivity contribution >= 4 is 28.3 Å². The van der Waals surface area contributed by atoms with Gasteiger partial charge in [0.15, 0.2) is 22.5 Å². The van der Waals surface area contributed by atoms with Crippen LogP contribution in [-0.2, 0) is 4.79 Å². The van der Waals surface area contributed by atoms with E-state index in [2.05, 4.69) is 15.3 Å². The van der Waals surface area contributed by atoms with E-state index < -0.39 is 11.6 Å². The quantitative estimate of drug-likeness (QED) is 0.424. The number of thiazole rings is 1. The summed E-state index contributed by atoms with van der Waals surface area (Å²) < 4.78 is 37.7. The fourth-order valence-corrected chi connectivity index (χ4v) is 4.50. The summed E-state index contributed by atoms with van der Waals surface area (Å²) >= 11 is 1.21. The molecule has 0 aliphatic carbocycles. The average Bonchev–Trinajstić information content (AvgIpc) is 3.61. The molecular formula is C23H17F2N5O3S. The molecule has 0 atom stereocenters. The van der Waals surface area contributed by atoms with E-state index in [1.54, 1.807) is 17.5 Å². The summed E-state index contributed by atoms with van der Waals surface area (Å²) in [5.74, 6) is -1.26. The van der Waals surface area contributed by atoms with Gasteiger partial charge in [-0.1, -0.05) is 0 Å². The van der Waals surface area contributed by atoms with Gasteiger partial charge in [0.1, 0.15) is 6.07 Å². The number of nitrogens with zero attached hydrogens (tertiary/aromatic N) is 4. The molecule has 1 N–H and O–H groups in total. The highest BCUT2D eigenvalue weighted by atomic mass is 32.1. The maximum atomic E-state index is 13.5. The molecule has 172 valence electrons. The highest BCUT2D eigenvalue weighted by Crippen LogP contribution is 2.32. The molecule has 1 fully saturated rings. The summed E-state index contributed by atoms with van der Waals surface area (Å²) in [4.78, 5) is 23.2. The average molecular weight is 481 g/mol. The van der Waals surface area contributed by atoms with Crippen molar-refractivity contribution in [2.24, 2.45) is 5.92 Å². The molecule has 0 saturated carbocycles. The van der Waals surface area contributed by atoms with E-state index >= 15 is 0 Å². The van der Waals surface area contributed by atoms with Gasteiger partial charge in [0.25, 0.3) is 5.89 Å². The highest BCUT2D eigenvalue weighted by Gasteiger charge is 2.29. The lowest BCUT2D eigenvalue weighted by atomic mass is 9.96. The molecule has 8 nitrogen and oxygen atoms in total. The first-order valence-corrected chi connectivity index (χ1v) is 11.3. The third-order valence-corrected chi connectivity index (χ3v) is 6.31. The third kappa shape index (κ3) is 4.27. The van der Waals surface area contributed by atoms with Gasteiger partial charge >= 0.3 is 0 Å². The van der Waals surface area contributed by atoms with E-state index in [1.165, 1.54) is 23.7 Å². The molecule has 1 aromatic carbocycles. The molecule has 1 aliphatic heterocycles. The number of nitrogens with one attached hydrogen (secondary N) is 1. The second-order valence-electron chi connectivity index (χ2n) is 7.68. The maximum absolute atomic E-state index is 13.5. The number of aromatic nitrogens is 2. The smallest absolute Gasteiger partial charge is 0.266 e. The van der Waals surface area contributed by atoms with Gasteiger partial charge in [0.2, 0.25) is 17.5 Å². The highest BCUT2D eigenvalue weighted by molar-refractivity contribution is 7.14. The normalized spacial score (nSPS) is 14.2. The van der Waals surface area contributed by atoms with E-state index in [-0.39, 0.29) is 23.4 Å². The molecule has 1 aliphatic rings. The van der Waals surface area contributed by atoms with E-state index in [1.807, 2.05) is 11.0 Å². The Kier molecular flexibility index (Phi) is 5.81. The molecular weight excluding hydrogens is 464 g/mol. The Morgan fingerprint density at radius 3 is 2.74 bits per heavy atom. The van der Waals surface area contributed by atoms with Crippen LogP contribution >= 0.6 is 11.3 Å². The largest absolute Gasteiger partial charge is 0.459 e. The number of rotatable bonds is 5. The summed E-state index contributed by atoms with van der Waals surface area (Å²) in [6.45, 7) is 1.02. The van der Waals surface area contributed by atoms with Gasteiger partial charge in [-0.25, -0.2) is 13.8 Å². The number of anilines is 2. The van der Waals surface area contributed by atoms with Crippen LogP contribution in [0.1, 0.15) is 18.5 Å². The Morgan fingerprint density at radius 2 is 2.03 bits per heavy atom. The number of furan rings is 1. The number of halogens is 2. The molecule has 34 heavy (non-hydrogen) atoms. The van der Waals surface area contributed by atoms with Gasteiger partial charge in [-0.3, -0.25) is 4.79 Å². The maximum Gasteiger partial charge on any atom is 0.266 e. The van der Waals surface area contributed by atoms with Crippen LogP contribution in [0.3, 0.4) is 0 Å². The van der Waals surface area contributed by atoms with Gasteiger partial charge in [0.05, 0.1) is 12.0 Å². The molecule has 1 amide bonds. The zero-order valence-electron chi connectivity index (χ0n) is 17.6. The molecule has 5 rings (SSSR count). The molecule has 0 spiro atoms. The second-order valence-corrected chi connectivity index (χ2v) is 8.54. The molecule has 0 radical (unpaired) electrons. The molecule has 11 heteroatoms. The molecule has 0 unspecified atom stereocenters. The zero-order chi connectivity index (χ0) is 23.7. The summed E-state index contributed by atoms with van der Waals surface area (Å²) in [5.41, 5.74) is 1.05. The van der Waals surface area contributed by atoms with Crippen molar-refractivity contribution in [1.82, 2.24) is 9.97 Å². The van der Waals surface area contributed by atoms with E-state index in [4.69, 9.17) is 8.83 Å². The number of nitriles is 1. The van der Waals surface area contributed by atoms with Gasteiger partial charge in [-0.15, -0.1) is 11.3 Å². The minimum atomic E-state index is -0.953. The van der Waals surface area contributed by atoms with E-state index in [9.17, 15) is 18.8 Å². The minimum absolute atomic E-state index is 0.166. The van der Waals surface area contributed by atoms with Crippen molar-refractivity contribution in [1.29, 1.82) is 5.26 Å². The Morgan fingerprint density at radius 1 is 1.21 bits per heavy atom. The van der Waals surface area contributed by atoms with E-state index in [0.717, 1.165) is 12.1 Å². The van der Waals surface area contributed by atoms with Crippen LogP contribution in [0.5, 0.6) is 0 Å². The SMILES string of the molecule is N#Cc1nc(-c2ccco2)oc1N1CCC(C(=O)Nc2nc(-c3ccc(F)c(F)c3)cs2)CC1. The first kappa shape index (κ1) is 21.8. The zero-order valence-corrected chi connectivity index (χ0v) is 18.4. The Bertz CT molecular complexity index is 1370. The molecule has 3 aromatic heterocycles. The summed E-state index contributed by atoms with van der Waals surface area (Å²) in [6.07, 6.45) is 2.60. The first-order valence-electron chi connectivity index (χ1n) is 10.4. The lowest BCUT2D eigenvalue weighted by Gasteiger charge is -2.30. The van der Waals surface area contributed by atoms with Crippen molar-refractivity contribution in [3.63, 3.8) is 0 Å². The van der Waals surface area contributed by atoms with Crippen LogP contribution in [0.15, 0.2) is 50.8 Å². The Balaban J connectivity index is 1.21. The van der Waals surface area contributed by atoms with E-state index in [0.29, 0.717) is 54.0 Å². The Hall–Kier alpha value is -4.04.